The van der Waals surface area contributed by atoms with Crippen molar-refractivity contribution in [3.05, 3.63) is 0 Å². The maximum Gasteiger partial charge on any atom is 0.236 e. The van der Waals surface area contributed by atoms with Gasteiger partial charge in [0.1, 0.15) is 0 Å². The van der Waals surface area contributed by atoms with Gasteiger partial charge >= 0.3 is 0 Å². The Morgan fingerprint density at radius 3 is 2.50 bits per heavy atom. The van der Waals surface area contributed by atoms with Gasteiger partial charge < -0.3 is 15.5 Å². The van der Waals surface area contributed by atoms with Gasteiger partial charge in [-0.15, -0.1) is 0 Å². The maximum atomic E-state index is 11.8. The molecular weight excluding hydrogens is 230 g/mol. The number of carbonyl (C=O) groups is 2. The van der Waals surface area contributed by atoms with Crippen LogP contribution < -0.4 is 10.6 Å². The molecule has 1 aliphatic heterocycles. The summed E-state index contributed by atoms with van der Waals surface area (Å²) in [5, 5.41) is 5.99. The lowest BCUT2D eigenvalue weighted by Gasteiger charge is -2.26. The van der Waals surface area contributed by atoms with Gasteiger partial charge in [-0.1, -0.05) is 0 Å². The molecular formula is C13H23N3O2. The summed E-state index contributed by atoms with van der Waals surface area (Å²) in [5.74, 6) is 0.257. The predicted octanol–water partition coefficient (Wildman–Crippen LogP) is 0.257. The van der Waals surface area contributed by atoms with Crippen molar-refractivity contribution in [3.63, 3.8) is 0 Å². The topological polar surface area (TPSA) is 61.4 Å². The Balaban J connectivity index is 1.51. The van der Waals surface area contributed by atoms with Gasteiger partial charge in [-0.3, -0.25) is 9.59 Å². The number of nitrogens with one attached hydrogen (secondary N) is 2. The second-order valence-electron chi connectivity index (χ2n) is 5.21. The van der Waals surface area contributed by atoms with Gasteiger partial charge in [0.05, 0.1) is 6.54 Å². The second kappa shape index (κ2) is 6.73. The Hall–Kier alpha value is -1.10. The fourth-order valence-electron chi connectivity index (χ4n) is 2.18. The molecule has 1 saturated heterocycles. The second-order valence-corrected chi connectivity index (χ2v) is 5.21. The molecule has 1 heterocycles. The summed E-state index contributed by atoms with van der Waals surface area (Å²) in [6, 6.07) is 0.424. The summed E-state index contributed by atoms with van der Waals surface area (Å²) >= 11 is 0. The molecule has 2 amide bonds. The van der Waals surface area contributed by atoms with Crippen LogP contribution in [0.15, 0.2) is 0 Å². The third-order valence-corrected chi connectivity index (χ3v) is 3.46. The lowest BCUT2D eigenvalue weighted by atomic mass is 10.1. The molecule has 18 heavy (non-hydrogen) atoms. The molecule has 1 saturated carbocycles. The molecule has 102 valence electrons. The van der Waals surface area contributed by atoms with Crippen LogP contribution >= 0.6 is 0 Å². The Morgan fingerprint density at radius 2 is 1.83 bits per heavy atom. The molecule has 2 rings (SSSR count). The Kier molecular flexibility index (Phi) is 4.99. The van der Waals surface area contributed by atoms with Gasteiger partial charge in [-0.05, 0) is 32.1 Å². The van der Waals surface area contributed by atoms with Crippen molar-refractivity contribution in [2.75, 3.05) is 26.2 Å². The number of likely N-dealkylation sites (tertiary alicyclic amines) is 1. The van der Waals surface area contributed by atoms with Gasteiger partial charge in [0.25, 0.3) is 0 Å². The third-order valence-electron chi connectivity index (χ3n) is 3.46. The van der Waals surface area contributed by atoms with Crippen LogP contribution in [0.5, 0.6) is 0 Å². The summed E-state index contributed by atoms with van der Waals surface area (Å²) in [6.07, 6.45) is 6.17. The average molecular weight is 253 g/mol. The highest BCUT2D eigenvalue weighted by Crippen LogP contribution is 2.18. The number of hydrogen-bond donors (Lipinski definition) is 2. The number of rotatable bonds is 6. The molecule has 0 aromatic heterocycles. The van der Waals surface area contributed by atoms with E-state index < -0.39 is 0 Å². The molecule has 5 heteroatoms. The highest BCUT2D eigenvalue weighted by molar-refractivity contribution is 5.79. The van der Waals surface area contributed by atoms with Crippen LogP contribution in [0.1, 0.15) is 38.5 Å². The van der Waals surface area contributed by atoms with Gasteiger partial charge in [0, 0.05) is 32.1 Å². The molecule has 1 aliphatic carbocycles. The van der Waals surface area contributed by atoms with Crippen molar-refractivity contribution in [1.29, 1.82) is 0 Å². The molecule has 0 bridgehead atoms. The smallest absolute Gasteiger partial charge is 0.236 e. The first-order valence-corrected chi connectivity index (χ1v) is 7.03. The lowest BCUT2D eigenvalue weighted by molar-refractivity contribution is -0.131. The van der Waals surface area contributed by atoms with E-state index in [1.54, 1.807) is 0 Å². The van der Waals surface area contributed by atoms with Crippen molar-refractivity contribution in [2.45, 2.75) is 44.6 Å². The van der Waals surface area contributed by atoms with E-state index in [2.05, 4.69) is 10.6 Å². The SMILES string of the molecule is O=C(CCNCC(=O)N1CCCCC1)NC1CC1. The molecule has 2 aliphatic rings. The summed E-state index contributed by atoms with van der Waals surface area (Å²) in [7, 11) is 0. The molecule has 0 atom stereocenters. The summed E-state index contributed by atoms with van der Waals surface area (Å²) in [4.78, 5) is 25.1. The van der Waals surface area contributed by atoms with Crippen molar-refractivity contribution in [3.8, 4) is 0 Å². The lowest BCUT2D eigenvalue weighted by Crippen LogP contribution is -2.41. The van der Waals surface area contributed by atoms with E-state index in [1.165, 1.54) is 6.42 Å². The van der Waals surface area contributed by atoms with E-state index in [0.29, 0.717) is 25.6 Å². The number of carbonyl (C=O) groups excluding carboxylic acids is 2. The monoisotopic (exact) mass is 253 g/mol. The van der Waals surface area contributed by atoms with Crippen LogP contribution in [0.3, 0.4) is 0 Å². The first-order valence-electron chi connectivity index (χ1n) is 7.03. The quantitative estimate of drug-likeness (QED) is 0.667. The average Bonchev–Trinajstić information content (AvgIpc) is 3.19. The normalized spacial score (nSPS) is 19.7. The molecule has 0 radical (unpaired) electrons. The summed E-state index contributed by atoms with van der Waals surface area (Å²) in [5.41, 5.74) is 0. The fraction of sp³-hybridized carbons (Fsp3) is 0.846. The van der Waals surface area contributed by atoms with E-state index in [4.69, 9.17) is 0 Å². The van der Waals surface area contributed by atoms with Crippen molar-refractivity contribution >= 4 is 11.8 Å². The molecule has 0 aromatic rings. The van der Waals surface area contributed by atoms with Gasteiger partial charge in [0.15, 0.2) is 0 Å². The minimum absolute atomic E-state index is 0.0930. The van der Waals surface area contributed by atoms with Crippen LogP contribution in [0.2, 0.25) is 0 Å². The van der Waals surface area contributed by atoms with Gasteiger partial charge in [-0.2, -0.15) is 0 Å². The third kappa shape index (κ3) is 4.64. The Labute approximate surface area is 108 Å². The van der Waals surface area contributed by atoms with Crippen LogP contribution in [0, 0.1) is 0 Å². The minimum atomic E-state index is 0.0930. The summed E-state index contributed by atoms with van der Waals surface area (Å²) in [6.45, 7) is 2.72. The van der Waals surface area contributed by atoms with Crippen molar-refractivity contribution in [2.24, 2.45) is 0 Å². The van der Waals surface area contributed by atoms with Crippen LogP contribution in [-0.2, 0) is 9.59 Å². The molecule has 0 spiro atoms. The highest BCUT2D eigenvalue weighted by Gasteiger charge is 2.22. The largest absolute Gasteiger partial charge is 0.353 e. The zero-order chi connectivity index (χ0) is 12.8. The number of hydrogen-bond acceptors (Lipinski definition) is 3. The van der Waals surface area contributed by atoms with Crippen molar-refractivity contribution in [1.82, 2.24) is 15.5 Å². The summed E-state index contributed by atoms with van der Waals surface area (Å²) < 4.78 is 0. The highest BCUT2D eigenvalue weighted by atomic mass is 16.2. The minimum Gasteiger partial charge on any atom is -0.353 e. The van der Waals surface area contributed by atoms with E-state index in [0.717, 1.165) is 38.8 Å². The zero-order valence-electron chi connectivity index (χ0n) is 10.9. The molecule has 0 aromatic carbocycles. The fourth-order valence-corrected chi connectivity index (χ4v) is 2.18. The standard InChI is InChI=1S/C13H23N3O2/c17-12(15-11-4-5-11)6-7-14-10-13(18)16-8-2-1-3-9-16/h11,14H,1-10H2,(H,15,17). The molecule has 2 N–H and O–H groups in total. The van der Waals surface area contributed by atoms with E-state index in [-0.39, 0.29) is 11.8 Å². The zero-order valence-corrected chi connectivity index (χ0v) is 10.9. The molecule has 2 fully saturated rings. The molecule has 0 unspecified atom stereocenters. The van der Waals surface area contributed by atoms with Crippen LogP contribution in [-0.4, -0.2) is 48.9 Å². The van der Waals surface area contributed by atoms with E-state index in [1.807, 2.05) is 4.90 Å². The first kappa shape index (κ1) is 13.3. The van der Waals surface area contributed by atoms with Crippen molar-refractivity contribution < 1.29 is 9.59 Å². The van der Waals surface area contributed by atoms with E-state index in [9.17, 15) is 9.59 Å². The van der Waals surface area contributed by atoms with Crippen LogP contribution in [0.25, 0.3) is 0 Å². The van der Waals surface area contributed by atoms with Crippen LogP contribution in [0.4, 0.5) is 0 Å². The van der Waals surface area contributed by atoms with E-state index >= 15 is 0 Å². The Morgan fingerprint density at radius 1 is 1.11 bits per heavy atom. The number of amides is 2. The maximum absolute atomic E-state index is 11.8. The Bertz CT molecular complexity index is 297. The van der Waals surface area contributed by atoms with Gasteiger partial charge in [0.2, 0.25) is 11.8 Å². The molecule has 5 nitrogen and oxygen atoms in total. The van der Waals surface area contributed by atoms with Gasteiger partial charge in [-0.25, -0.2) is 0 Å². The number of nitrogens with zero attached hydrogens (tertiary/aromatic N) is 1. The predicted molar refractivity (Wildman–Crippen MR) is 69.1 cm³/mol. The first-order chi connectivity index (χ1) is 8.75. The number of piperidine rings is 1.